The molecule has 0 bridgehead atoms. The summed E-state index contributed by atoms with van der Waals surface area (Å²) < 4.78 is 27.8. The maximum Gasteiger partial charge on any atom is 0.252 e. The number of aromatic nitrogens is 3. The van der Waals surface area contributed by atoms with E-state index in [1.807, 2.05) is 18.2 Å². The fourth-order valence-electron chi connectivity index (χ4n) is 3.62. The minimum absolute atomic E-state index is 0.128. The zero-order chi connectivity index (χ0) is 17.9. The largest absolute Gasteiger partial charge is 0.343 e. The molecule has 0 atom stereocenters. The topological polar surface area (TPSA) is 70.7 Å². The lowest BCUT2D eigenvalue weighted by Crippen LogP contribution is -2.25. The molecule has 0 saturated heterocycles. The number of alkyl halides is 2. The number of rotatable bonds is 2. The Hall–Kier alpha value is -2.48. The molecule has 0 saturated carbocycles. The number of halogens is 2. The molecule has 1 aliphatic carbocycles. The number of thioether (sulfide) groups is 1. The lowest BCUT2D eigenvalue weighted by atomic mass is 9.93. The summed E-state index contributed by atoms with van der Waals surface area (Å²) in [4.78, 5) is 24.1. The molecule has 26 heavy (non-hydrogen) atoms. The highest BCUT2D eigenvalue weighted by Crippen LogP contribution is 2.40. The fraction of sp³-hybridized carbons (Fsp3) is 0.278. The minimum atomic E-state index is -2.71. The number of anilines is 2. The predicted molar refractivity (Wildman–Crippen MR) is 95.2 cm³/mol. The molecule has 3 heterocycles. The highest BCUT2D eigenvalue weighted by atomic mass is 32.2. The van der Waals surface area contributed by atoms with Crippen molar-refractivity contribution in [3.8, 4) is 0 Å². The average molecular weight is 372 g/mol. The number of hydrogen-bond donors (Lipinski definition) is 2. The SMILES string of the molecule is O=C1Cc2ccc(Nc3ncnc4[nH]c5c(c34)CC(F)(F)CC5)cc2S1. The normalized spacial score (nSPS) is 18.0. The Bertz CT molecular complexity index is 1060. The van der Waals surface area contributed by atoms with Gasteiger partial charge in [0.25, 0.3) is 5.92 Å². The van der Waals surface area contributed by atoms with E-state index >= 15 is 0 Å². The van der Waals surface area contributed by atoms with E-state index in [4.69, 9.17) is 0 Å². The van der Waals surface area contributed by atoms with E-state index in [1.165, 1.54) is 18.1 Å². The van der Waals surface area contributed by atoms with Crippen molar-refractivity contribution in [2.24, 2.45) is 0 Å². The van der Waals surface area contributed by atoms with Crippen molar-refractivity contribution in [2.45, 2.75) is 36.5 Å². The Labute approximate surface area is 151 Å². The Kier molecular flexibility index (Phi) is 3.34. The van der Waals surface area contributed by atoms with Crippen LogP contribution in [0, 0.1) is 0 Å². The number of nitrogens with one attached hydrogen (secondary N) is 2. The molecule has 1 aromatic carbocycles. The van der Waals surface area contributed by atoms with Crippen LogP contribution in [0.5, 0.6) is 0 Å². The van der Waals surface area contributed by atoms with Crippen LogP contribution in [0.4, 0.5) is 20.3 Å². The minimum Gasteiger partial charge on any atom is -0.343 e. The zero-order valence-corrected chi connectivity index (χ0v) is 14.4. The van der Waals surface area contributed by atoms with Gasteiger partial charge in [0.2, 0.25) is 0 Å². The lowest BCUT2D eigenvalue weighted by Gasteiger charge is -2.22. The summed E-state index contributed by atoms with van der Waals surface area (Å²) >= 11 is 1.23. The molecule has 0 spiro atoms. The van der Waals surface area contributed by atoms with Crippen LogP contribution in [-0.2, 0) is 24.1 Å². The van der Waals surface area contributed by atoms with Crippen molar-refractivity contribution in [3.05, 3.63) is 41.3 Å². The van der Waals surface area contributed by atoms with Gasteiger partial charge in [-0.1, -0.05) is 17.8 Å². The van der Waals surface area contributed by atoms with E-state index in [2.05, 4.69) is 20.3 Å². The van der Waals surface area contributed by atoms with Crippen molar-refractivity contribution in [1.82, 2.24) is 15.0 Å². The maximum atomic E-state index is 13.9. The molecule has 0 radical (unpaired) electrons. The zero-order valence-electron chi connectivity index (χ0n) is 13.6. The van der Waals surface area contributed by atoms with E-state index in [9.17, 15) is 13.6 Å². The standard InChI is InChI=1S/C18H14F2N4OS/c19-18(20)4-3-12-11(7-18)15-16(21-8-22-17(15)24-12)23-10-2-1-9-5-14(25)26-13(9)6-10/h1-2,6,8H,3-5,7H2,(H2,21,22,23,24). The van der Waals surface area contributed by atoms with Crippen LogP contribution in [-0.4, -0.2) is 26.0 Å². The third-order valence-electron chi connectivity index (χ3n) is 4.85. The quantitative estimate of drug-likeness (QED) is 0.712. The third-order valence-corrected chi connectivity index (χ3v) is 5.82. The van der Waals surface area contributed by atoms with Gasteiger partial charge >= 0.3 is 0 Å². The highest BCUT2D eigenvalue weighted by molar-refractivity contribution is 8.14. The fourth-order valence-corrected chi connectivity index (χ4v) is 4.55. The second-order valence-corrected chi connectivity index (χ2v) is 7.76. The molecule has 8 heteroatoms. The molecule has 2 N–H and O–H groups in total. The predicted octanol–water partition coefficient (Wildman–Crippen LogP) is 4.00. The molecule has 3 aromatic rings. The van der Waals surface area contributed by atoms with E-state index in [-0.39, 0.29) is 18.0 Å². The summed E-state index contributed by atoms with van der Waals surface area (Å²) in [6.45, 7) is 0. The van der Waals surface area contributed by atoms with Crippen molar-refractivity contribution < 1.29 is 13.6 Å². The number of nitrogens with zero attached hydrogens (tertiary/aromatic N) is 2. The molecule has 0 fully saturated rings. The van der Waals surface area contributed by atoms with Crippen LogP contribution in [0.25, 0.3) is 11.0 Å². The molecule has 0 unspecified atom stereocenters. The maximum absolute atomic E-state index is 13.9. The average Bonchev–Trinajstić information content (AvgIpc) is 3.13. The van der Waals surface area contributed by atoms with Gasteiger partial charge in [0.1, 0.15) is 17.8 Å². The Morgan fingerprint density at radius 2 is 2.15 bits per heavy atom. The Morgan fingerprint density at radius 3 is 3.04 bits per heavy atom. The van der Waals surface area contributed by atoms with Gasteiger partial charge in [-0.3, -0.25) is 4.79 Å². The molecule has 5 nitrogen and oxygen atoms in total. The monoisotopic (exact) mass is 372 g/mol. The van der Waals surface area contributed by atoms with Crippen LogP contribution in [0.15, 0.2) is 29.4 Å². The van der Waals surface area contributed by atoms with E-state index in [0.29, 0.717) is 35.3 Å². The molecule has 0 amide bonds. The summed E-state index contributed by atoms with van der Waals surface area (Å²) in [7, 11) is 0. The number of fused-ring (bicyclic) bond motifs is 4. The molecular formula is C18H14F2N4OS. The number of hydrogen-bond acceptors (Lipinski definition) is 5. The first-order valence-electron chi connectivity index (χ1n) is 8.31. The number of benzene rings is 1. The summed E-state index contributed by atoms with van der Waals surface area (Å²) in [5.41, 5.74) is 3.74. The second kappa shape index (κ2) is 5.51. The second-order valence-electron chi connectivity index (χ2n) is 6.66. The van der Waals surface area contributed by atoms with E-state index in [0.717, 1.165) is 21.8 Å². The van der Waals surface area contributed by atoms with Crippen LogP contribution in [0.3, 0.4) is 0 Å². The van der Waals surface area contributed by atoms with Gasteiger partial charge in [-0.05, 0) is 29.7 Å². The molecule has 1 aliphatic heterocycles. The summed E-state index contributed by atoms with van der Waals surface area (Å²) in [5.74, 6) is -2.21. The van der Waals surface area contributed by atoms with Crippen LogP contribution in [0.2, 0.25) is 0 Å². The number of H-pyrrole nitrogens is 1. The first kappa shape index (κ1) is 15.7. The van der Waals surface area contributed by atoms with Gasteiger partial charge in [0.05, 0.1) is 5.39 Å². The molecule has 5 rings (SSSR count). The van der Waals surface area contributed by atoms with Crippen LogP contribution in [0.1, 0.15) is 23.2 Å². The highest BCUT2D eigenvalue weighted by Gasteiger charge is 2.36. The van der Waals surface area contributed by atoms with Crippen molar-refractivity contribution in [2.75, 3.05) is 5.32 Å². The summed E-state index contributed by atoms with van der Waals surface area (Å²) in [6, 6.07) is 5.68. The smallest absolute Gasteiger partial charge is 0.252 e. The third kappa shape index (κ3) is 2.56. The number of aryl methyl sites for hydroxylation is 1. The first-order valence-corrected chi connectivity index (χ1v) is 9.13. The molecular weight excluding hydrogens is 358 g/mol. The van der Waals surface area contributed by atoms with Gasteiger partial charge in [-0.15, -0.1) is 0 Å². The van der Waals surface area contributed by atoms with Gasteiger partial charge in [-0.25, -0.2) is 18.7 Å². The number of carbonyl (C=O) groups is 1. The molecule has 2 aromatic heterocycles. The summed E-state index contributed by atoms with van der Waals surface area (Å²) in [5, 5.41) is 3.96. The van der Waals surface area contributed by atoms with E-state index in [1.54, 1.807) is 0 Å². The van der Waals surface area contributed by atoms with Crippen LogP contribution < -0.4 is 5.32 Å². The number of aromatic amines is 1. The lowest BCUT2D eigenvalue weighted by molar-refractivity contribution is -0.110. The summed E-state index contributed by atoms with van der Waals surface area (Å²) in [6.07, 6.45) is 1.70. The van der Waals surface area contributed by atoms with E-state index < -0.39 is 5.92 Å². The molecule has 132 valence electrons. The van der Waals surface area contributed by atoms with Gasteiger partial charge in [0.15, 0.2) is 5.12 Å². The van der Waals surface area contributed by atoms with Crippen molar-refractivity contribution in [1.29, 1.82) is 0 Å². The van der Waals surface area contributed by atoms with Gasteiger partial charge in [0, 0.05) is 35.5 Å². The van der Waals surface area contributed by atoms with Gasteiger partial charge < -0.3 is 10.3 Å². The van der Waals surface area contributed by atoms with Crippen LogP contribution >= 0.6 is 11.8 Å². The molecule has 2 aliphatic rings. The first-order chi connectivity index (χ1) is 12.5. The Morgan fingerprint density at radius 1 is 1.27 bits per heavy atom. The van der Waals surface area contributed by atoms with Gasteiger partial charge in [-0.2, -0.15) is 0 Å². The van der Waals surface area contributed by atoms with Crippen molar-refractivity contribution >= 4 is 39.4 Å². The number of carbonyl (C=O) groups excluding carboxylic acids is 1. The van der Waals surface area contributed by atoms with Crippen molar-refractivity contribution in [3.63, 3.8) is 0 Å². The Balaban J connectivity index is 1.57.